The molecule has 170 valence electrons. The topological polar surface area (TPSA) is 56.2 Å². The lowest BCUT2D eigenvalue weighted by atomic mass is 10.0. The van der Waals surface area contributed by atoms with Crippen molar-refractivity contribution in [3.8, 4) is 5.75 Å². The van der Waals surface area contributed by atoms with Crippen LogP contribution in [0.1, 0.15) is 52.3 Å². The van der Waals surface area contributed by atoms with Crippen LogP contribution in [-0.4, -0.2) is 22.1 Å². The van der Waals surface area contributed by atoms with Crippen molar-refractivity contribution < 1.29 is 9.53 Å². The second kappa shape index (κ2) is 9.90. The minimum atomic E-state index is -0.233. The third kappa shape index (κ3) is 5.08. The van der Waals surface area contributed by atoms with Crippen molar-refractivity contribution >= 4 is 16.9 Å². The summed E-state index contributed by atoms with van der Waals surface area (Å²) in [4.78, 5) is 17.8. The van der Waals surface area contributed by atoms with Crippen LogP contribution in [0.15, 0.2) is 66.7 Å². The van der Waals surface area contributed by atoms with Crippen LogP contribution < -0.4 is 10.1 Å². The van der Waals surface area contributed by atoms with E-state index in [0.717, 1.165) is 52.3 Å². The summed E-state index contributed by atoms with van der Waals surface area (Å²) in [5, 5.41) is 3.14. The number of carbonyl (C=O) groups excluding carboxylic acids is 1. The fourth-order valence-corrected chi connectivity index (χ4v) is 4.19. The summed E-state index contributed by atoms with van der Waals surface area (Å²) in [7, 11) is 0. The quantitative estimate of drug-likeness (QED) is 0.345. The predicted octanol–water partition coefficient (Wildman–Crippen LogP) is 5.92. The van der Waals surface area contributed by atoms with E-state index >= 15 is 0 Å². The Bertz CT molecular complexity index is 1280. The number of benzene rings is 3. The number of aryl methyl sites for hydroxylation is 4. The lowest BCUT2D eigenvalue weighted by molar-refractivity contribution is 0.0937. The summed E-state index contributed by atoms with van der Waals surface area (Å²) >= 11 is 0. The number of para-hydroxylation sites is 3. The smallest absolute Gasteiger partial charge is 0.252 e. The largest absolute Gasteiger partial charge is 0.493 e. The van der Waals surface area contributed by atoms with E-state index in [0.29, 0.717) is 12.2 Å². The summed E-state index contributed by atoms with van der Waals surface area (Å²) in [6, 6.07) is 21.8. The first kappa shape index (κ1) is 22.6. The molecule has 0 saturated heterocycles. The van der Waals surface area contributed by atoms with Crippen molar-refractivity contribution in [2.45, 2.75) is 46.7 Å². The van der Waals surface area contributed by atoms with Gasteiger partial charge in [0.2, 0.25) is 0 Å². The zero-order valence-electron chi connectivity index (χ0n) is 19.8. The van der Waals surface area contributed by atoms with E-state index in [1.165, 1.54) is 0 Å². The number of nitrogens with zero attached hydrogens (tertiary/aromatic N) is 2. The first-order valence-electron chi connectivity index (χ1n) is 11.5. The maximum atomic E-state index is 13.0. The average molecular weight is 442 g/mol. The zero-order valence-corrected chi connectivity index (χ0v) is 19.8. The summed E-state index contributed by atoms with van der Waals surface area (Å²) in [5.74, 6) is 1.69. The van der Waals surface area contributed by atoms with Gasteiger partial charge in [0, 0.05) is 12.1 Å². The van der Waals surface area contributed by atoms with E-state index in [-0.39, 0.29) is 11.9 Å². The number of hydrogen-bond acceptors (Lipinski definition) is 3. The summed E-state index contributed by atoms with van der Waals surface area (Å²) in [5.41, 5.74) is 5.94. The maximum absolute atomic E-state index is 13.0. The molecule has 0 aliphatic carbocycles. The van der Waals surface area contributed by atoms with Crippen LogP contribution in [0, 0.1) is 20.8 Å². The molecule has 1 atom stereocenters. The second-order valence-corrected chi connectivity index (χ2v) is 8.59. The van der Waals surface area contributed by atoms with Gasteiger partial charge in [-0.2, -0.15) is 0 Å². The molecule has 0 aliphatic heterocycles. The minimum absolute atomic E-state index is 0.0820. The Morgan fingerprint density at radius 2 is 1.76 bits per heavy atom. The summed E-state index contributed by atoms with van der Waals surface area (Å²) in [6.07, 6.45) is 0.833. The van der Waals surface area contributed by atoms with Gasteiger partial charge in [-0.3, -0.25) is 4.79 Å². The maximum Gasteiger partial charge on any atom is 0.252 e. The van der Waals surface area contributed by atoms with Gasteiger partial charge < -0.3 is 14.6 Å². The molecule has 1 aromatic heterocycles. The van der Waals surface area contributed by atoms with Gasteiger partial charge in [0.15, 0.2) is 0 Å². The first-order chi connectivity index (χ1) is 15.9. The van der Waals surface area contributed by atoms with Crippen LogP contribution >= 0.6 is 0 Å². The van der Waals surface area contributed by atoms with Gasteiger partial charge in [-0.1, -0.05) is 48.0 Å². The summed E-state index contributed by atoms with van der Waals surface area (Å²) < 4.78 is 8.19. The Morgan fingerprint density at radius 1 is 1.00 bits per heavy atom. The van der Waals surface area contributed by atoms with Crippen molar-refractivity contribution in [1.82, 2.24) is 14.9 Å². The highest BCUT2D eigenvalue weighted by Crippen LogP contribution is 2.23. The molecule has 0 aliphatic rings. The van der Waals surface area contributed by atoms with Crippen LogP contribution in [0.25, 0.3) is 11.0 Å². The highest BCUT2D eigenvalue weighted by atomic mass is 16.5. The number of ether oxygens (including phenoxy) is 1. The molecule has 5 nitrogen and oxygen atoms in total. The Labute approximate surface area is 195 Å². The van der Waals surface area contributed by atoms with Gasteiger partial charge >= 0.3 is 0 Å². The molecule has 1 amide bonds. The van der Waals surface area contributed by atoms with E-state index in [1.807, 2.05) is 75.4 Å². The number of hydrogen-bond donors (Lipinski definition) is 1. The van der Waals surface area contributed by atoms with Crippen LogP contribution in [0.2, 0.25) is 0 Å². The highest BCUT2D eigenvalue weighted by molar-refractivity contribution is 5.96. The van der Waals surface area contributed by atoms with Gasteiger partial charge in [-0.15, -0.1) is 0 Å². The van der Waals surface area contributed by atoms with Gasteiger partial charge in [0.1, 0.15) is 11.6 Å². The highest BCUT2D eigenvalue weighted by Gasteiger charge is 2.20. The normalized spacial score (nSPS) is 12.0. The van der Waals surface area contributed by atoms with E-state index < -0.39 is 0 Å². The standard InChI is InChI=1S/C28H31N3O2/c1-19-14-15-23(21(3)18-19)28(32)29-22(4)27-30-24-11-6-7-12-25(24)31(27)16-9-17-33-26-13-8-5-10-20(26)2/h5-8,10-15,18,22H,9,16-17H2,1-4H3,(H,29,32). The molecule has 1 heterocycles. The van der Waals surface area contributed by atoms with Crippen molar-refractivity contribution in [1.29, 1.82) is 0 Å². The van der Waals surface area contributed by atoms with Crippen LogP contribution in [0.5, 0.6) is 5.75 Å². The minimum Gasteiger partial charge on any atom is -0.493 e. The third-order valence-corrected chi connectivity index (χ3v) is 5.92. The lowest BCUT2D eigenvalue weighted by Gasteiger charge is -2.17. The third-order valence-electron chi connectivity index (χ3n) is 5.92. The van der Waals surface area contributed by atoms with Crippen molar-refractivity contribution in [2.24, 2.45) is 0 Å². The molecule has 1 N–H and O–H groups in total. The first-order valence-corrected chi connectivity index (χ1v) is 11.5. The Hall–Kier alpha value is -3.60. The molecule has 0 saturated carbocycles. The van der Waals surface area contributed by atoms with E-state index in [9.17, 15) is 4.79 Å². The molecule has 1 unspecified atom stereocenters. The van der Waals surface area contributed by atoms with E-state index in [4.69, 9.17) is 9.72 Å². The molecule has 5 heteroatoms. The fraction of sp³-hybridized carbons (Fsp3) is 0.286. The molecule has 33 heavy (non-hydrogen) atoms. The SMILES string of the molecule is Cc1ccc(C(=O)NC(C)c2nc3ccccc3n2CCCOc2ccccc2C)c(C)c1. The average Bonchev–Trinajstić information content (AvgIpc) is 3.16. The molecule has 3 aromatic carbocycles. The molecule has 0 radical (unpaired) electrons. The van der Waals surface area contributed by atoms with Gasteiger partial charge in [-0.25, -0.2) is 4.98 Å². The van der Waals surface area contributed by atoms with Crippen molar-refractivity contribution in [3.05, 3.63) is 94.8 Å². The van der Waals surface area contributed by atoms with Crippen molar-refractivity contribution in [2.75, 3.05) is 6.61 Å². The predicted molar refractivity (Wildman–Crippen MR) is 133 cm³/mol. The van der Waals surface area contributed by atoms with Crippen molar-refractivity contribution in [3.63, 3.8) is 0 Å². The number of aromatic nitrogens is 2. The molecular weight excluding hydrogens is 410 g/mol. The molecule has 4 aromatic rings. The number of rotatable bonds is 8. The van der Waals surface area contributed by atoms with Gasteiger partial charge in [-0.05, 0) is 69.5 Å². The number of amides is 1. The van der Waals surface area contributed by atoms with Crippen LogP contribution in [0.4, 0.5) is 0 Å². The van der Waals surface area contributed by atoms with Gasteiger partial charge in [0.25, 0.3) is 5.91 Å². The second-order valence-electron chi connectivity index (χ2n) is 8.59. The number of imidazole rings is 1. The van der Waals surface area contributed by atoms with Gasteiger partial charge in [0.05, 0.1) is 23.7 Å². The van der Waals surface area contributed by atoms with Crippen LogP contribution in [-0.2, 0) is 6.54 Å². The van der Waals surface area contributed by atoms with E-state index in [2.05, 4.69) is 28.9 Å². The number of nitrogens with one attached hydrogen (secondary N) is 1. The Balaban J connectivity index is 1.50. The zero-order chi connectivity index (χ0) is 23.4. The number of fused-ring (bicyclic) bond motifs is 1. The number of carbonyl (C=O) groups is 1. The molecule has 4 rings (SSSR count). The lowest BCUT2D eigenvalue weighted by Crippen LogP contribution is -2.29. The van der Waals surface area contributed by atoms with Crippen LogP contribution in [0.3, 0.4) is 0 Å². The Morgan fingerprint density at radius 3 is 2.55 bits per heavy atom. The molecule has 0 bridgehead atoms. The molecule has 0 spiro atoms. The molecule has 0 fully saturated rings. The summed E-state index contributed by atoms with van der Waals surface area (Å²) in [6.45, 7) is 9.41. The molecular formula is C28H31N3O2. The van der Waals surface area contributed by atoms with E-state index in [1.54, 1.807) is 0 Å². The Kier molecular flexibility index (Phi) is 6.78. The fourth-order valence-electron chi connectivity index (χ4n) is 4.19. The monoisotopic (exact) mass is 441 g/mol.